The quantitative estimate of drug-likeness (QED) is 0.912. The molecule has 4 heteroatoms. The van der Waals surface area contributed by atoms with Gasteiger partial charge in [-0.25, -0.2) is 4.98 Å². The summed E-state index contributed by atoms with van der Waals surface area (Å²) in [5.41, 5.74) is 1.11. The number of hydrogen-bond acceptors (Lipinski definition) is 4. The Morgan fingerprint density at radius 1 is 1.30 bits per heavy atom. The maximum atomic E-state index is 5.19. The third kappa shape index (κ3) is 3.30. The van der Waals surface area contributed by atoms with Crippen molar-refractivity contribution in [2.45, 2.75) is 38.3 Å². The number of nitrogens with one attached hydrogen (secondary N) is 1. The van der Waals surface area contributed by atoms with Gasteiger partial charge >= 0.3 is 0 Å². The summed E-state index contributed by atoms with van der Waals surface area (Å²) in [6.07, 6.45) is 5.38. The molecule has 2 saturated heterocycles. The SMILES string of the molecule is COc1cccc(CN2CCC(C3CCCN3)CC2)n1. The topological polar surface area (TPSA) is 37.4 Å². The van der Waals surface area contributed by atoms with Crippen molar-refractivity contribution in [2.24, 2.45) is 5.92 Å². The molecule has 0 amide bonds. The van der Waals surface area contributed by atoms with Crippen molar-refractivity contribution in [1.82, 2.24) is 15.2 Å². The van der Waals surface area contributed by atoms with Gasteiger partial charge in [0.15, 0.2) is 0 Å². The van der Waals surface area contributed by atoms with Crippen molar-refractivity contribution in [1.29, 1.82) is 0 Å². The molecule has 0 aromatic carbocycles. The first-order valence-electron chi connectivity index (χ1n) is 7.81. The van der Waals surface area contributed by atoms with Crippen LogP contribution in [-0.2, 0) is 6.54 Å². The average molecular weight is 275 g/mol. The lowest BCUT2D eigenvalue weighted by Crippen LogP contribution is -2.40. The lowest BCUT2D eigenvalue weighted by Gasteiger charge is -2.34. The Morgan fingerprint density at radius 2 is 2.15 bits per heavy atom. The zero-order valence-electron chi connectivity index (χ0n) is 12.3. The van der Waals surface area contributed by atoms with Gasteiger partial charge in [0.1, 0.15) is 0 Å². The summed E-state index contributed by atoms with van der Waals surface area (Å²) in [5.74, 6) is 1.60. The van der Waals surface area contributed by atoms with Gasteiger partial charge in [-0.1, -0.05) is 6.07 Å². The molecule has 1 N–H and O–H groups in total. The second-order valence-corrected chi connectivity index (χ2v) is 5.99. The fourth-order valence-electron chi connectivity index (χ4n) is 3.52. The van der Waals surface area contributed by atoms with Crippen LogP contribution in [0.2, 0.25) is 0 Å². The number of piperidine rings is 1. The zero-order chi connectivity index (χ0) is 13.8. The summed E-state index contributed by atoms with van der Waals surface area (Å²) in [5, 5.41) is 3.66. The second-order valence-electron chi connectivity index (χ2n) is 5.99. The molecule has 1 unspecified atom stereocenters. The molecule has 110 valence electrons. The van der Waals surface area contributed by atoms with Crippen LogP contribution in [0.4, 0.5) is 0 Å². The molecule has 2 aliphatic rings. The molecule has 1 aromatic rings. The highest BCUT2D eigenvalue weighted by Crippen LogP contribution is 2.26. The van der Waals surface area contributed by atoms with E-state index in [0.717, 1.165) is 24.2 Å². The normalized spacial score (nSPS) is 24.9. The van der Waals surface area contributed by atoms with Gasteiger partial charge in [0.05, 0.1) is 12.8 Å². The fourth-order valence-corrected chi connectivity index (χ4v) is 3.52. The smallest absolute Gasteiger partial charge is 0.213 e. The summed E-state index contributed by atoms with van der Waals surface area (Å²) in [6, 6.07) is 6.80. The Morgan fingerprint density at radius 3 is 2.85 bits per heavy atom. The van der Waals surface area contributed by atoms with E-state index in [9.17, 15) is 0 Å². The van der Waals surface area contributed by atoms with Crippen LogP contribution in [0, 0.1) is 5.92 Å². The van der Waals surface area contributed by atoms with E-state index in [4.69, 9.17) is 4.74 Å². The van der Waals surface area contributed by atoms with Gasteiger partial charge in [-0.05, 0) is 57.3 Å². The van der Waals surface area contributed by atoms with Gasteiger partial charge in [0.25, 0.3) is 0 Å². The van der Waals surface area contributed by atoms with E-state index in [1.807, 2.05) is 12.1 Å². The molecule has 4 nitrogen and oxygen atoms in total. The van der Waals surface area contributed by atoms with Crippen LogP contribution in [0.3, 0.4) is 0 Å². The van der Waals surface area contributed by atoms with Crippen LogP contribution in [0.1, 0.15) is 31.4 Å². The molecule has 0 radical (unpaired) electrons. The maximum Gasteiger partial charge on any atom is 0.213 e. The number of aromatic nitrogens is 1. The molecule has 2 aliphatic heterocycles. The summed E-state index contributed by atoms with van der Waals surface area (Å²) >= 11 is 0. The minimum absolute atomic E-state index is 0.715. The van der Waals surface area contributed by atoms with Gasteiger partial charge in [0, 0.05) is 18.7 Å². The van der Waals surface area contributed by atoms with Gasteiger partial charge in [0.2, 0.25) is 5.88 Å². The molecule has 0 aliphatic carbocycles. The molecule has 3 rings (SSSR count). The van der Waals surface area contributed by atoms with E-state index in [-0.39, 0.29) is 0 Å². The summed E-state index contributed by atoms with van der Waals surface area (Å²) in [7, 11) is 1.67. The molecule has 20 heavy (non-hydrogen) atoms. The van der Waals surface area contributed by atoms with Crippen molar-refractivity contribution < 1.29 is 4.74 Å². The molecule has 1 atom stereocenters. The first-order chi connectivity index (χ1) is 9.85. The summed E-state index contributed by atoms with van der Waals surface area (Å²) < 4.78 is 5.19. The lowest BCUT2D eigenvalue weighted by atomic mass is 9.88. The molecule has 0 spiro atoms. The molecular weight excluding hydrogens is 250 g/mol. The lowest BCUT2D eigenvalue weighted by molar-refractivity contribution is 0.156. The Balaban J connectivity index is 1.50. The number of pyridine rings is 1. The number of nitrogens with zero attached hydrogens (tertiary/aromatic N) is 2. The Bertz CT molecular complexity index is 423. The number of methoxy groups -OCH3 is 1. The van der Waals surface area contributed by atoms with Gasteiger partial charge < -0.3 is 10.1 Å². The molecular formula is C16H25N3O. The average Bonchev–Trinajstić information content (AvgIpc) is 3.02. The standard InChI is InChI=1S/C16H25N3O/c1-20-16-6-2-4-14(18-16)12-19-10-7-13(8-11-19)15-5-3-9-17-15/h2,4,6,13,15,17H,3,5,7-12H2,1H3. The Hall–Kier alpha value is -1.13. The third-order valence-electron chi connectivity index (χ3n) is 4.68. The van der Waals surface area contributed by atoms with Crippen molar-refractivity contribution in [3.63, 3.8) is 0 Å². The molecule has 2 fully saturated rings. The van der Waals surface area contributed by atoms with Gasteiger partial charge in [-0.3, -0.25) is 4.90 Å². The Labute approximate surface area is 121 Å². The third-order valence-corrected chi connectivity index (χ3v) is 4.68. The minimum Gasteiger partial charge on any atom is -0.481 e. The van der Waals surface area contributed by atoms with E-state index in [0.29, 0.717) is 5.88 Å². The summed E-state index contributed by atoms with van der Waals surface area (Å²) in [4.78, 5) is 7.03. The summed E-state index contributed by atoms with van der Waals surface area (Å²) in [6.45, 7) is 4.56. The van der Waals surface area contributed by atoms with E-state index in [2.05, 4.69) is 21.3 Å². The van der Waals surface area contributed by atoms with Crippen LogP contribution in [0.15, 0.2) is 18.2 Å². The minimum atomic E-state index is 0.715. The monoisotopic (exact) mass is 275 g/mol. The number of likely N-dealkylation sites (tertiary alicyclic amines) is 1. The highest BCUT2D eigenvalue weighted by atomic mass is 16.5. The van der Waals surface area contributed by atoms with Crippen LogP contribution in [0.25, 0.3) is 0 Å². The largest absolute Gasteiger partial charge is 0.481 e. The first-order valence-corrected chi connectivity index (χ1v) is 7.81. The van der Waals surface area contributed by atoms with Crippen molar-refractivity contribution in [2.75, 3.05) is 26.7 Å². The zero-order valence-corrected chi connectivity index (χ0v) is 12.3. The van der Waals surface area contributed by atoms with Crippen LogP contribution >= 0.6 is 0 Å². The van der Waals surface area contributed by atoms with E-state index >= 15 is 0 Å². The Kier molecular flexibility index (Phi) is 4.53. The van der Waals surface area contributed by atoms with Crippen LogP contribution < -0.4 is 10.1 Å². The first kappa shape index (κ1) is 13.8. The molecule has 3 heterocycles. The molecule has 0 bridgehead atoms. The van der Waals surface area contributed by atoms with Gasteiger partial charge in [-0.2, -0.15) is 0 Å². The number of rotatable bonds is 4. The van der Waals surface area contributed by atoms with Crippen LogP contribution in [-0.4, -0.2) is 42.7 Å². The molecule has 0 saturated carbocycles. The molecule has 1 aromatic heterocycles. The van der Waals surface area contributed by atoms with Gasteiger partial charge in [-0.15, -0.1) is 0 Å². The fraction of sp³-hybridized carbons (Fsp3) is 0.688. The van der Waals surface area contributed by atoms with E-state index < -0.39 is 0 Å². The predicted molar refractivity (Wildman–Crippen MR) is 79.8 cm³/mol. The second kappa shape index (κ2) is 6.55. The van der Waals surface area contributed by atoms with Crippen LogP contribution in [0.5, 0.6) is 5.88 Å². The van der Waals surface area contributed by atoms with E-state index in [1.54, 1.807) is 7.11 Å². The van der Waals surface area contributed by atoms with Crippen molar-refractivity contribution in [3.8, 4) is 5.88 Å². The number of ether oxygens (including phenoxy) is 1. The highest BCUT2D eigenvalue weighted by molar-refractivity contribution is 5.15. The predicted octanol–water partition coefficient (Wildman–Crippen LogP) is 2.05. The van der Waals surface area contributed by atoms with Crippen molar-refractivity contribution in [3.05, 3.63) is 23.9 Å². The number of hydrogen-bond donors (Lipinski definition) is 1. The maximum absolute atomic E-state index is 5.19. The van der Waals surface area contributed by atoms with Crippen molar-refractivity contribution >= 4 is 0 Å². The highest BCUT2D eigenvalue weighted by Gasteiger charge is 2.28. The van der Waals surface area contributed by atoms with E-state index in [1.165, 1.54) is 45.3 Å².